The molecule has 1 aromatic rings. The minimum Gasteiger partial charge on any atom is -0.383 e. The molecule has 0 aliphatic carbocycles. The lowest BCUT2D eigenvalue weighted by Gasteiger charge is -2.26. The molecule has 21 heavy (non-hydrogen) atoms. The molecule has 0 bridgehead atoms. The summed E-state index contributed by atoms with van der Waals surface area (Å²) < 4.78 is 28.9. The number of hydrogen-bond donors (Lipinski definition) is 2. The van der Waals surface area contributed by atoms with Crippen LogP contribution in [-0.2, 0) is 19.4 Å². The number of ether oxygens (including phenoxy) is 1. The Balaban J connectivity index is 1.98. The molecular weight excluding hydrogens is 292 g/mol. The van der Waals surface area contributed by atoms with Gasteiger partial charge in [-0.1, -0.05) is 18.2 Å². The van der Waals surface area contributed by atoms with E-state index in [4.69, 9.17) is 4.74 Å². The van der Waals surface area contributed by atoms with E-state index in [2.05, 4.69) is 10.6 Å². The van der Waals surface area contributed by atoms with Crippen molar-refractivity contribution in [3.05, 3.63) is 29.8 Å². The maximum atomic E-state index is 12.0. The van der Waals surface area contributed by atoms with E-state index in [1.807, 2.05) is 6.07 Å². The van der Waals surface area contributed by atoms with Crippen LogP contribution in [0.4, 0.5) is 0 Å². The highest BCUT2D eigenvalue weighted by molar-refractivity contribution is 7.91. The van der Waals surface area contributed by atoms with Gasteiger partial charge in [-0.3, -0.25) is 4.79 Å². The van der Waals surface area contributed by atoms with E-state index >= 15 is 0 Å². The van der Waals surface area contributed by atoms with Crippen molar-refractivity contribution in [1.82, 2.24) is 10.6 Å². The summed E-state index contributed by atoms with van der Waals surface area (Å²) in [6, 6.07) is 6.84. The van der Waals surface area contributed by atoms with Crippen LogP contribution < -0.4 is 10.6 Å². The molecule has 0 saturated heterocycles. The van der Waals surface area contributed by atoms with Crippen LogP contribution in [0.5, 0.6) is 0 Å². The first-order valence-electron chi connectivity index (χ1n) is 6.85. The van der Waals surface area contributed by atoms with Crippen LogP contribution >= 0.6 is 0 Å². The molecule has 7 heteroatoms. The Labute approximate surface area is 124 Å². The topological polar surface area (TPSA) is 84.5 Å². The molecule has 0 saturated carbocycles. The van der Waals surface area contributed by atoms with E-state index in [1.165, 1.54) is 0 Å². The first kappa shape index (κ1) is 15.9. The van der Waals surface area contributed by atoms with Gasteiger partial charge in [-0.15, -0.1) is 0 Å². The average Bonchev–Trinajstić information content (AvgIpc) is 2.47. The molecule has 1 aromatic carbocycles. The van der Waals surface area contributed by atoms with Gasteiger partial charge in [-0.05, 0) is 18.1 Å². The zero-order chi connectivity index (χ0) is 15.3. The number of hydrogen-bond acceptors (Lipinski definition) is 5. The second kappa shape index (κ2) is 7.02. The Morgan fingerprint density at radius 3 is 2.90 bits per heavy atom. The molecule has 1 atom stereocenters. The lowest BCUT2D eigenvalue weighted by atomic mass is 10.0. The number of fused-ring (bicyclic) bond motifs is 1. The zero-order valence-corrected chi connectivity index (χ0v) is 12.8. The summed E-state index contributed by atoms with van der Waals surface area (Å²) in [6.45, 7) is 1.09. The number of rotatable bonds is 6. The second-order valence-corrected chi connectivity index (χ2v) is 7.00. The van der Waals surface area contributed by atoms with E-state index in [0.29, 0.717) is 24.5 Å². The summed E-state index contributed by atoms with van der Waals surface area (Å²) in [7, 11) is -1.61. The largest absolute Gasteiger partial charge is 0.383 e. The first-order chi connectivity index (χ1) is 10.0. The molecule has 2 rings (SSSR count). The van der Waals surface area contributed by atoms with Crippen LogP contribution in [0.1, 0.15) is 18.0 Å². The lowest BCUT2D eigenvalue weighted by molar-refractivity contribution is -0.120. The highest BCUT2D eigenvalue weighted by Crippen LogP contribution is 2.31. The number of methoxy groups -OCH3 is 1. The molecule has 1 amide bonds. The third-order valence-electron chi connectivity index (χ3n) is 3.44. The van der Waals surface area contributed by atoms with Gasteiger partial charge in [0.15, 0.2) is 9.84 Å². The first-order valence-corrected chi connectivity index (χ1v) is 8.50. The van der Waals surface area contributed by atoms with Gasteiger partial charge in [-0.25, -0.2) is 8.42 Å². The summed E-state index contributed by atoms with van der Waals surface area (Å²) in [6.07, 6.45) is 0.477. The molecule has 0 spiro atoms. The van der Waals surface area contributed by atoms with Gasteiger partial charge in [-0.2, -0.15) is 0 Å². The van der Waals surface area contributed by atoms with E-state index in [9.17, 15) is 13.2 Å². The molecule has 1 aliphatic heterocycles. The zero-order valence-electron chi connectivity index (χ0n) is 12.0. The quantitative estimate of drug-likeness (QED) is 0.736. The van der Waals surface area contributed by atoms with Crippen molar-refractivity contribution >= 4 is 15.7 Å². The van der Waals surface area contributed by atoms with Crippen LogP contribution in [-0.4, -0.2) is 46.9 Å². The number of carbonyl (C=O) groups excluding carboxylic acids is 1. The third-order valence-corrected chi connectivity index (χ3v) is 5.26. The SMILES string of the molecule is COCCNC(=O)CNC1CCS(=O)(=O)c2ccccc21. The van der Waals surface area contributed by atoms with Crippen LogP contribution in [0.15, 0.2) is 29.2 Å². The minimum absolute atomic E-state index is 0.104. The van der Waals surface area contributed by atoms with E-state index in [0.717, 1.165) is 5.56 Å². The summed E-state index contributed by atoms with van der Waals surface area (Å²) >= 11 is 0. The van der Waals surface area contributed by atoms with Crippen LogP contribution in [0.25, 0.3) is 0 Å². The predicted molar refractivity (Wildman–Crippen MR) is 78.7 cm³/mol. The van der Waals surface area contributed by atoms with Gasteiger partial charge in [0.1, 0.15) is 0 Å². The summed E-state index contributed by atoms with van der Waals surface area (Å²) in [5.74, 6) is -0.0227. The number of sulfone groups is 1. The van der Waals surface area contributed by atoms with Crippen molar-refractivity contribution in [3.8, 4) is 0 Å². The normalized spacial score (nSPS) is 19.8. The van der Waals surface area contributed by atoms with Gasteiger partial charge in [0, 0.05) is 19.7 Å². The second-order valence-electron chi connectivity index (χ2n) is 4.92. The van der Waals surface area contributed by atoms with E-state index in [-0.39, 0.29) is 24.2 Å². The highest BCUT2D eigenvalue weighted by atomic mass is 32.2. The molecule has 1 aliphatic rings. The molecule has 116 valence electrons. The number of amides is 1. The minimum atomic E-state index is -3.19. The summed E-state index contributed by atoms with van der Waals surface area (Å²) in [4.78, 5) is 12.0. The highest BCUT2D eigenvalue weighted by Gasteiger charge is 2.29. The van der Waals surface area contributed by atoms with Gasteiger partial charge in [0.25, 0.3) is 0 Å². The van der Waals surface area contributed by atoms with Crippen molar-refractivity contribution < 1.29 is 17.9 Å². The fourth-order valence-electron chi connectivity index (χ4n) is 2.37. The predicted octanol–water partition coefficient (Wildman–Crippen LogP) is 0.257. The smallest absolute Gasteiger partial charge is 0.234 e. The van der Waals surface area contributed by atoms with Crippen LogP contribution in [0, 0.1) is 0 Å². The maximum Gasteiger partial charge on any atom is 0.234 e. The molecule has 1 heterocycles. The average molecular weight is 312 g/mol. The Bertz CT molecular complexity index is 601. The van der Waals surface area contributed by atoms with Crippen molar-refractivity contribution in [1.29, 1.82) is 0 Å². The van der Waals surface area contributed by atoms with Crippen molar-refractivity contribution in [2.24, 2.45) is 0 Å². The van der Waals surface area contributed by atoms with Gasteiger partial charge in [0.05, 0.1) is 23.8 Å². The lowest BCUT2D eigenvalue weighted by Crippen LogP contribution is -2.39. The summed E-state index contributed by atoms with van der Waals surface area (Å²) in [5, 5.41) is 5.84. The molecule has 0 fully saturated rings. The fourth-order valence-corrected chi connectivity index (χ4v) is 3.99. The van der Waals surface area contributed by atoms with Crippen LogP contribution in [0.3, 0.4) is 0 Å². The van der Waals surface area contributed by atoms with Crippen molar-refractivity contribution in [3.63, 3.8) is 0 Å². The Morgan fingerprint density at radius 1 is 1.38 bits per heavy atom. The standard InChI is InChI=1S/C14H20N2O4S/c1-20-8-7-15-14(17)10-16-12-6-9-21(18,19)13-5-3-2-4-11(12)13/h2-5,12,16H,6-10H2,1H3,(H,15,17). The van der Waals surface area contributed by atoms with Crippen molar-refractivity contribution in [2.45, 2.75) is 17.4 Å². The van der Waals surface area contributed by atoms with E-state index < -0.39 is 9.84 Å². The van der Waals surface area contributed by atoms with Crippen molar-refractivity contribution in [2.75, 3.05) is 32.6 Å². The van der Waals surface area contributed by atoms with Gasteiger partial charge < -0.3 is 15.4 Å². The Kier molecular flexibility index (Phi) is 5.33. The number of benzene rings is 1. The Hall–Kier alpha value is -1.44. The van der Waals surface area contributed by atoms with Gasteiger partial charge >= 0.3 is 0 Å². The Morgan fingerprint density at radius 2 is 2.14 bits per heavy atom. The number of nitrogens with one attached hydrogen (secondary N) is 2. The molecule has 2 N–H and O–H groups in total. The molecular formula is C14H20N2O4S. The third kappa shape index (κ3) is 4.03. The number of carbonyl (C=O) groups is 1. The van der Waals surface area contributed by atoms with Gasteiger partial charge in [0.2, 0.25) is 5.91 Å². The molecule has 0 radical (unpaired) electrons. The van der Waals surface area contributed by atoms with Crippen LogP contribution in [0.2, 0.25) is 0 Å². The maximum absolute atomic E-state index is 12.0. The molecule has 1 unspecified atom stereocenters. The molecule has 0 aromatic heterocycles. The van der Waals surface area contributed by atoms with E-state index in [1.54, 1.807) is 25.3 Å². The molecule has 6 nitrogen and oxygen atoms in total. The monoisotopic (exact) mass is 312 g/mol. The fraction of sp³-hybridized carbons (Fsp3) is 0.500. The summed E-state index contributed by atoms with van der Waals surface area (Å²) in [5.41, 5.74) is 0.744.